The van der Waals surface area contributed by atoms with Gasteiger partial charge >= 0.3 is 0 Å². The molecule has 2 saturated heterocycles. The zero-order valence-corrected chi connectivity index (χ0v) is 15.5. The summed E-state index contributed by atoms with van der Waals surface area (Å²) in [5.41, 5.74) is 0. The average molecular weight is 379 g/mol. The third-order valence-corrected chi connectivity index (χ3v) is 6.41. The number of hydrogen-bond acceptors (Lipinski definition) is 10. The lowest BCUT2D eigenvalue weighted by Gasteiger charge is -2.38. The first-order valence-electron chi connectivity index (χ1n) is 8.45. The van der Waals surface area contributed by atoms with Gasteiger partial charge in [-0.1, -0.05) is 5.16 Å². The normalized spacial score (nSPS) is 24.5. The molecule has 4 rings (SSSR count). The Bertz CT molecular complexity index is 900. The van der Waals surface area contributed by atoms with E-state index in [0.717, 1.165) is 12.4 Å². The SMILES string of the molecule is Cc1nc(CN(C)c2nccc(N3CCN[C@@H]4CS(=O)(=O)C[C@@H]43)n2)no1. The molecule has 10 nitrogen and oxygen atoms in total. The molecule has 2 atom stereocenters. The summed E-state index contributed by atoms with van der Waals surface area (Å²) in [4.78, 5) is 17.1. The minimum absolute atomic E-state index is 0.0489. The van der Waals surface area contributed by atoms with Crippen LogP contribution in [-0.2, 0) is 16.4 Å². The zero-order valence-electron chi connectivity index (χ0n) is 14.7. The highest BCUT2D eigenvalue weighted by atomic mass is 32.2. The molecule has 0 radical (unpaired) electrons. The zero-order chi connectivity index (χ0) is 18.3. The van der Waals surface area contributed by atoms with E-state index in [0.29, 0.717) is 30.8 Å². The molecule has 0 bridgehead atoms. The van der Waals surface area contributed by atoms with Crippen LogP contribution in [0.2, 0.25) is 0 Å². The fourth-order valence-corrected chi connectivity index (χ4v) is 5.48. The molecule has 140 valence electrons. The number of nitrogens with one attached hydrogen (secondary N) is 1. The van der Waals surface area contributed by atoms with Crippen molar-refractivity contribution in [2.75, 3.05) is 41.4 Å². The lowest BCUT2D eigenvalue weighted by Crippen LogP contribution is -2.57. The Morgan fingerprint density at radius 2 is 2.23 bits per heavy atom. The van der Waals surface area contributed by atoms with Crippen molar-refractivity contribution in [1.82, 2.24) is 25.4 Å². The number of rotatable bonds is 4. The predicted octanol–water partition coefficient (Wildman–Crippen LogP) is -0.620. The minimum Gasteiger partial charge on any atom is -0.350 e. The molecule has 0 unspecified atom stereocenters. The number of hydrogen-bond donors (Lipinski definition) is 1. The van der Waals surface area contributed by atoms with Gasteiger partial charge in [-0.15, -0.1) is 0 Å². The van der Waals surface area contributed by atoms with E-state index >= 15 is 0 Å². The molecular weight excluding hydrogens is 358 g/mol. The van der Waals surface area contributed by atoms with Crippen molar-refractivity contribution >= 4 is 21.6 Å². The Morgan fingerprint density at radius 3 is 3.00 bits per heavy atom. The first-order chi connectivity index (χ1) is 12.4. The van der Waals surface area contributed by atoms with Crippen LogP contribution in [0.5, 0.6) is 0 Å². The fourth-order valence-electron chi connectivity index (χ4n) is 3.52. The fraction of sp³-hybridized carbons (Fsp3) is 0.600. The number of nitrogens with zero attached hydrogens (tertiary/aromatic N) is 6. The van der Waals surface area contributed by atoms with Gasteiger partial charge in [0.05, 0.1) is 24.1 Å². The van der Waals surface area contributed by atoms with Crippen LogP contribution in [0.3, 0.4) is 0 Å². The lowest BCUT2D eigenvalue weighted by molar-refractivity contribution is 0.387. The van der Waals surface area contributed by atoms with E-state index in [9.17, 15) is 8.42 Å². The number of anilines is 2. The Kier molecular flexibility index (Phi) is 4.27. The third-order valence-electron chi connectivity index (χ3n) is 4.69. The van der Waals surface area contributed by atoms with E-state index in [4.69, 9.17) is 4.52 Å². The molecule has 0 aromatic carbocycles. The first kappa shape index (κ1) is 17.2. The summed E-state index contributed by atoms with van der Waals surface area (Å²) in [6.07, 6.45) is 1.69. The summed E-state index contributed by atoms with van der Waals surface area (Å²) < 4.78 is 29.0. The molecule has 0 saturated carbocycles. The van der Waals surface area contributed by atoms with Gasteiger partial charge in [0.2, 0.25) is 11.8 Å². The predicted molar refractivity (Wildman–Crippen MR) is 94.8 cm³/mol. The van der Waals surface area contributed by atoms with Crippen molar-refractivity contribution in [2.45, 2.75) is 25.6 Å². The molecule has 2 aromatic rings. The number of piperazine rings is 1. The average Bonchev–Trinajstić information content (AvgIpc) is 3.15. The van der Waals surface area contributed by atoms with E-state index < -0.39 is 9.84 Å². The van der Waals surface area contributed by atoms with Gasteiger partial charge in [-0.25, -0.2) is 13.4 Å². The van der Waals surface area contributed by atoms with Crippen LogP contribution in [0.25, 0.3) is 0 Å². The summed E-state index contributed by atoms with van der Waals surface area (Å²) >= 11 is 0. The van der Waals surface area contributed by atoms with E-state index in [2.05, 4.69) is 30.3 Å². The molecule has 2 fully saturated rings. The summed E-state index contributed by atoms with van der Waals surface area (Å²) in [5, 5.41) is 7.19. The highest BCUT2D eigenvalue weighted by Gasteiger charge is 2.43. The molecule has 0 amide bonds. The van der Waals surface area contributed by atoms with Crippen molar-refractivity contribution in [2.24, 2.45) is 0 Å². The van der Waals surface area contributed by atoms with Crippen molar-refractivity contribution in [3.63, 3.8) is 0 Å². The van der Waals surface area contributed by atoms with Gasteiger partial charge in [-0.05, 0) is 6.07 Å². The van der Waals surface area contributed by atoms with E-state index in [1.165, 1.54) is 0 Å². The van der Waals surface area contributed by atoms with Crippen molar-refractivity contribution < 1.29 is 12.9 Å². The van der Waals surface area contributed by atoms with Crippen molar-refractivity contribution in [3.8, 4) is 0 Å². The summed E-state index contributed by atoms with van der Waals surface area (Å²) in [6, 6.07) is 1.68. The molecule has 2 aliphatic rings. The molecule has 2 aliphatic heterocycles. The molecule has 11 heteroatoms. The Hall–Kier alpha value is -2.27. The van der Waals surface area contributed by atoms with Gasteiger partial charge < -0.3 is 19.6 Å². The third kappa shape index (κ3) is 3.36. The summed E-state index contributed by atoms with van der Waals surface area (Å²) in [5.74, 6) is 2.67. The van der Waals surface area contributed by atoms with Crippen LogP contribution in [0.4, 0.5) is 11.8 Å². The van der Waals surface area contributed by atoms with Crippen LogP contribution < -0.4 is 15.1 Å². The monoisotopic (exact) mass is 379 g/mol. The molecule has 1 N–H and O–H groups in total. The van der Waals surface area contributed by atoms with E-state index in [-0.39, 0.29) is 23.6 Å². The van der Waals surface area contributed by atoms with Crippen LogP contribution in [0, 0.1) is 6.92 Å². The van der Waals surface area contributed by atoms with Gasteiger partial charge in [-0.2, -0.15) is 9.97 Å². The maximum atomic E-state index is 12.0. The number of fused-ring (bicyclic) bond motifs is 1. The second-order valence-electron chi connectivity index (χ2n) is 6.70. The van der Waals surface area contributed by atoms with E-state index in [1.54, 1.807) is 13.1 Å². The van der Waals surface area contributed by atoms with Crippen LogP contribution in [0.15, 0.2) is 16.8 Å². The Labute approximate surface area is 151 Å². The van der Waals surface area contributed by atoms with Gasteiger partial charge in [0, 0.05) is 39.3 Å². The maximum Gasteiger partial charge on any atom is 0.227 e. The number of aryl methyl sites for hydroxylation is 1. The van der Waals surface area contributed by atoms with Gasteiger partial charge in [0.1, 0.15) is 5.82 Å². The lowest BCUT2D eigenvalue weighted by atomic mass is 10.1. The van der Waals surface area contributed by atoms with Gasteiger partial charge in [0.15, 0.2) is 15.7 Å². The van der Waals surface area contributed by atoms with Crippen LogP contribution >= 0.6 is 0 Å². The maximum absolute atomic E-state index is 12.0. The largest absolute Gasteiger partial charge is 0.350 e. The molecule has 4 heterocycles. The van der Waals surface area contributed by atoms with E-state index in [1.807, 2.05) is 18.0 Å². The second kappa shape index (κ2) is 6.47. The highest BCUT2D eigenvalue weighted by Crippen LogP contribution is 2.26. The molecule has 0 aliphatic carbocycles. The standard InChI is InChI=1S/C15H21N7O3S/c1-10-18-13(20-25-10)7-21(2)15-17-4-3-14(19-15)22-6-5-16-11-8-26(23,24)9-12(11)22/h3-4,11-12,16H,5-9H2,1-2H3/t11-,12+/m1/s1. The molecular formula is C15H21N7O3S. The summed E-state index contributed by atoms with van der Waals surface area (Å²) in [6.45, 7) is 3.60. The first-order valence-corrected chi connectivity index (χ1v) is 10.3. The van der Waals surface area contributed by atoms with Crippen molar-refractivity contribution in [3.05, 3.63) is 24.0 Å². The van der Waals surface area contributed by atoms with Crippen molar-refractivity contribution in [1.29, 1.82) is 0 Å². The van der Waals surface area contributed by atoms with Gasteiger partial charge in [0.25, 0.3) is 0 Å². The second-order valence-corrected chi connectivity index (χ2v) is 8.85. The van der Waals surface area contributed by atoms with Gasteiger partial charge in [-0.3, -0.25) is 0 Å². The number of aromatic nitrogens is 4. The molecule has 2 aromatic heterocycles. The quantitative estimate of drug-likeness (QED) is 0.736. The molecule has 0 spiro atoms. The minimum atomic E-state index is -3.02. The number of sulfone groups is 1. The van der Waals surface area contributed by atoms with Crippen LogP contribution in [-0.4, -0.2) is 72.3 Å². The Balaban J connectivity index is 1.55. The molecule has 26 heavy (non-hydrogen) atoms. The smallest absolute Gasteiger partial charge is 0.227 e. The topological polar surface area (TPSA) is 117 Å². The summed E-state index contributed by atoms with van der Waals surface area (Å²) in [7, 11) is -1.17. The van der Waals surface area contributed by atoms with Crippen LogP contribution in [0.1, 0.15) is 11.7 Å². The Morgan fingerprint density at radius 1 is 1.38 bits per heavy atom. The highest BCUT2D eigenvalue weighted by molar-refractivity contribution is 7.91.